The maximum absolute atomic E-state index is 9.73. The summed E-state index contributed by atoms with van der Waals surface area (Å²) in [4.78, 5) is 10.4. The lowest BCUT2D eigenvalue weighted by molar-refractivity contribution is 0.660. The van der Waals surface area contributed by atoms with Crippen molar-refractivity contribution in [2.45, 2.75) is 19.3 Å². The van der Waals surface area contributed by atoms with Crippen LogP contribution in [0.4, 0.5) is 0 Å². The van der Waals surface area contributed by atoms with E-state index >= 15 is 0 Å². The van der Waals surface area contributed by atoms with Gasteiger partial charge in [-0.3, -0.25) is 0 Å². The monoisotopic (exact) mass is 677 g/mol. The predicted molar refractivity (Wildman–Crippen MR) is 217 cm³/mol. The molecular formula is C50H35N3. The van der Waals surface area contributed by atoms with Gasteiger partial charge in [-0.15, -0.1) is 0 Å². The average molecular weight is 678 g/mol. The molecule has 0 aliphatic heterocycles. The molecule has 250 valence electrons. The maximum Gasteiger partial charge on any atom is 0.160 e. The molecule has 8 aromatic rings. The largest absolute Gasteiger partial charge is 0.228 e. The van der Waals surface area contributed by atoms with Gasteiger partial charge in [0, 0.05) is 22.1 Å². The van der Waals surface area contributed by atoms with Crippen LogP contribution in [0.25, 0.3) is 78.4 Å². The molecule has 9 rings (SSSR count). The SMILES string of the molecule is CC1(C)c2ccc(C#N)cc2-c2c(-c3ccc(-c4nc(-c5cccc(-c6ccccc6)c5)cc(-c5cccc(-c6ccccc6)c5)n4)cc3)cccc21. The van der Waals surface area contributed by atoms with Gasteiger partial charge in [0.15, 0.2) is 5.82 Å². The van der Waals surface area contributed by atoms with Gasteiger partial charge in [-0.1, -0.05) is 159 Å². The van der Waals surface area contributed by atoms with Crippen molar-refractivity contribution in [1.29, 1.82) is 5.26 Å². The minimum Gasteiger partial charge on any atom is -0.228 e. The first kappa shape index (κ1) is 32.0. The van der Waals surface area contributed by atoms with E-state index in [4.69, 9.17) is 9.97 Å². The van der Waals surface area contributed by atoms with Crippen LogP contribution < -0.4 is 0 Å². The van der Waals surface area contributed by atoms with Gasteiger partial charge in [0.1, 0.15) is 0 Å². The summed E-state index contributed by atoms with van der Waals surface area (Å²) in [5.74, 6) is 0.669. The maximum atomic E-state index is 9.73. The first-order valence-electron chi connectivity index (χ1n) is 18.0. The number of fused-ring (bicyclic) bond motifs is 3. The fraction of sp³-hybridized carbons (Fsp3) is 0.0600. The van der Waals surface area contributed by atoms with Crippen molar-refractivity contribution in [2.24, 2.45) is 0 Å². The Balaban J connectivity index is 1.16. The van der Waals surface area contributed by atoms with E-state index in [0.717, 1.165) is 67.0 Å². The normalized spacial score (nSPS) is 12.5. The van der Waals surface area contributed by atoms with E-state index in [9.17, 15) is 5.26 Å². The Bertz CT molecular complexity index is 2580. The third kappa shape index (κ3) is 5.81. The van der Waals surface area contributed by atoms with Crippen LogP contribution in [-0.4, -0.2) is 9.97 Å². The van der Waals surface area contributed by atoms with Crippen LogP contribution in [0.5, 0.6) is 0 Å². The number of rotatable bonds is 6. The van der Waals surface area contributed by atoms with E-state index in [1.807, 2.05) is 24.3 Å². The molecule has 0 spiro atoms. The molecule has 1 aromatic heterocycles. The summed E-state index contributed by atoms with van der Waals surface area (Å²) in [6.07, 6.45) is 0. The topological polar surface area (TPSA) is 49.6 Å². The zero-order valence-corrected chi connectivity index (χ0v) is 29.6. The summed E-state index contributed by atoms with van der Waals surface area (Å²) in [6, 6.07) is 63.8. The highest BCUT2D eigenvalue weighted by Crippen LogP contribution is 2.52. The van der Waals surface area contributed by atoms with Gasteiger partial charge in [-0.2, -0.15) is 5.26 Å². The second-order valence-electron chi connectivity index (χ2n) is 14.2. The summed E-state index contributed by atoms with van der Waals surface area (Å²) in [7, 11) is 0. The Morgan fingerprint density at radius 3 is 1.53 bits per heavy atom. The number of aromatic nitrogens is 2. The molecule has 0 amide bonds. The summed E-state index contributed by atoms with van der Waals surface area (Å²) in [6.45, 7) is 4.53. The van der Waals surface area contributed by atoms with Gasteiger partial charge in [0.25, 0.3) is 0 Å². The molecule has 1 aliphatic rings. The van der Waals surface area contributed by atoms with Crippen molar-refractivity contribution < 1.29 is 0 Å². The van der Waals surface area contributed by atoms with Crippen LogP contribution in [-0.2, 0) is 5.41 Å². The highest BCUT2D eigenvalue weighted by molar-refractivity contribution is 5.93. The molecule has 0 N–H and O–H groups in total. The molecule has 0 saturated carbocycles. The molecular weight excluding hydrogens is 643 g/mol. The number of hydrogen-bond acceptors (Lipinski definition) is 3. The van der Waals surface area contributed by atoms with Gasteiger partial charge in [0.2, 0.25) is 0 Å². The average Bonchev–Trinajstić information content (AvgIpc) is 3.46. The van der Waals surface area contributed by atoms with E-state index in [2.05, 4.69) is 172 Å². The third-order valence-electron chi connectivity index (χ3n) is 10.5. The van der Waals surface area contributed by atoms with Gasteiger partial charge >= 0.3 is 0 Å². The van der Waals surface area contributed by atoms with Crippen LogP contribution in [0.15, 0.2) is 176 Å². The van der Waals surface area contributed by atoms with E-state index in [1.165, 1.54) is 16.7 Å². The van der Waals surface area contributed by atoms with Gasteiger partial charge in [-0.25, -0.2) is 9.97 Å². The first-order chi connectivity index (χ1) is 26.0. The Hall–Kier alpha value is -6.89. The van der Waals surface area contributed by atoms with Crippen molar-refractivity contribution in [3.63, 3.8) is 0 Å². The molecule has 3 nitrogen and oxygen atoms in total. The van der Waals surface area contributed by atoms with Crippen LogP contribution in [0, 0.1) is 11.3 Å². The minimum atomic E-state index is -0.158. The second kappa shape index (κ2) is 13.0. The molecule has 3 heteroatoms. The molecule has 0 bridgehead atoms. The molecule has 0 unspecified atom stereocenters. The molecule has 1 aliphatic carbocycles. The van der Waals surface area contributed by atoms with Crippen molar-refractivity contribution in [1.82, 2.24) is 9.97 Å². The first-order valence-corrected chi connectivity index (χ1v) is 18.0. The van der Waals surface area contributed by atoms with Crippen LogP contribution >= 0.6 is 0 Å². The molecule has 1 heterocycles. The predicted octanol–water partition coefficient (Wildman–Crippen LogP) is 12.7. The van der Waals surface area contributed by atoms with E-state index in [1.54, 1.807) is 0 Å². The number of hydrogen-bond donors (Lipinski definition) is 0. The Morgan fingerprint density at radius 1 is 0.415 bits per heavy atom. The van der Waals surface area contributed by atoms with Crippen molar-refractivity contribution >= 4 is 0 Å². The highest BCUT2D eigenvalue weighted by atomic mass is 14.9. The highest BCUT2D eigenvalue weighted by Gasteiger charge is 2.37. The minimum absolute atomic E-state index is 0.158. The Kier molecular flexibility index (Phi) is 7.87. The third-order valence-corrected chi connectivity index (χ3v) is 10.5. The lowest BCUT2D eigenvalue weighted by atomic mass is 9.82. The smallest absolute Gasteiger partial charge is 0.160 e. The summed E-state index contributed by atoms with van der Waals surface area (Å²) in [5, 5.41) is 9.73. The number of benzene rings is 7. The standard InChI is InChI=1S/C50H35N3/c1-50(2)44-27-22-33(32-51)28-43(44)48-42(20-11-21-45(48)50)36-23-25-37(26-24-36)49-52-46(40-18-9-16-38(29-40)34-12-5-3-6-13-34)31-47(53-49)41-19-10-17-39(30-41)35-14-7-4-8-15-35/h3-31H,1-2H3. The van der Waals surface area contributed by atoms with Crippen molar-refractivity contribution in [2.75, 3.05) is 0 Å². The van der Waals surface area contributed by atoms with Crippen LogP contribution in [0.1, 0.15) is 30.5 Å². The zero-order valence-electron chi connectivity index (χ0n) is 29.6. The summed E-state index contributed by atoms with van der Waals surface area (Å²) < 4.78 is 0. The Morgan fingerprint density at radius 2 is 0.943 bits per heavy atom. The quantitative estimate of drug-likeness (QED) is 0.176. The van der Waals surface area contributed by atoms with E-state index < -0.39 is 0 Å². The fourth-order valence-electron chi connectivity index (χ4n) is 7.76. The number of nitriles is 1. The zero-order chi connectivity index (χ0) is 35.9. The fourth-order valence-corrected chi connectivity index (χ4v) is 7.76. The lowest BCUT2D eigenvalue weighted by Gasteiger charge is -2.21. The molecule has 0 saturated heterocycles. The summed E-state index contributed by atoms with van der Waals surface area (Å²) >= 11 is 0. The molecule has 0 atom stereocenters. The lowest BCUT2D eigenvalue weighted by Crippen LogP contribution is -2.14. The van der Waals surface area contributed by atoms with E-state index in [0.29, 0.717) is 11.4 Å². The van der Waals surface area contributed by atoms with Gasteiger partial charge in [0.05, 0.1) is 23.0 Å². The van der Waals surface area contributed by atoms with Gasteiger partial charge < -0.3 is 0 Å². The van der Waals surface area contributed by atoms with Crippen LogP contribution in [0.3, 0.4) is 0 Å². The number of nitrogens with zero attached hydrogens (tertiary/aromatic N) is 3. The van der Waals surface area contributed by atoms with E-state index in [-0.39, 0.29) is 5.41 Å². The second-order valence-corrected chi connectivity index (χ2v) is 14.2. The van der Waals surface area contributed by atoms with Gasteiger partial charge in [-0.05, 0) is 86.0 Å². The van der Waals surface area contributed by atoms with Crippen molar-refractivity contribution in [3.8, 4) is 84.5 Å². The molecule has 53 heavy (non-hydrogen) atoms. The Labute approximate surface area is 310 Å². The molecule has 0 radical (unpaired) electrons. The summed E-state index contributed by atoms with van der Waals surface area (Å²) in [5.41, 5.74) is 17.0. The van der Waals surface area contributed by atoms with Crippen molar-refractivity contribution in [3.05, 3.63) is 193 Å². The molecule has 0 fully saturated rings. The molecule has 7 aromatic carbocycles. The van der Waals surface area contributed by atoms with Crippen LogP contribution in [0.2, 0.25) is 0 Å².